The SMILES string of the molecule is COc1nccc(OC2CCCN(S(=O)(=O)c3ccc(C)cc3C)C2)n1. The monoisotopic (exact) mass is 377 g/mol. The van der Waals surface area contributed by atoms with Gasteiger partial charge < -0.3 is 9.47 Å². The number of benzene rings is 1. The van der Waals surface area contributed by atoms with E-state index in [9.17, 15) is 8.42 Å². The Kier molecular flexibility index (Phi) is 5.43. The van der Waals surface area contributed by atoms with E-state index in [1.807, 2.05) is 26.0 Å². The first-order valence-corrected chi connectivity index (χ1v) is 9.95. The van der Waals surface area contributed by atoms with Gasteiger partial charge >= 0.3 is 6.01 Å². The van der Waals surface area contributed by atoms with Crippen LogP contribution in [-0.4, -0.2) is 49.0 Å². The molecule has 3 rings (SSSR count). The number of hydrogen-bond acceptors (Lipinski definition) is 6. The molecule has 0 amide bonds. The Bertz CT molecular complexity index is 886. The molecule has 0 radical (unpaired) electrons. The van der Waals surface area contributed by atoms with E-state index >= 15 is 0 Å². The smallest absolute Gasteiger partial charge is 0.319 e. The predicted molar refractivity (Wildman–Crippen MR) is 96.9 cm³/mol. The fraction of sp³-hybridized carbons (Fsp3) is 0.444. The van der Waals surface area contributed by atoms with Crippen LogP contribution in [0, 0.1) is 13.8 Å². The van der Waals surface area contributed by atoms with Gasteiger partial charge in [0.2, 0.25) is 15.9 Å². The predicted octanol–water partition coefficient (Wildman–Crippen LogP) is 2.33. The fourth-order valence-corrected chi connectivity index (χ4v) is 4.82. The molecule has 0 bridgehead atoms. The van der Waals surface area contributed by atoms with Crippen molar-refractivity contribution >= 4 is 10.0 Å². The van der Waals surface area contributed by atoms with E-state index in [-0.39, 0.29) is 12.1 Å². The molecule has 1 atom stereocenters. The molecule has 26 heavy (non-hydrogen) atoms. The lowest BCUT2D eigenvalue weighted by Gasteiger charge is -2.32. The largest absolute Gasteiger partial charge is 0.473 e. The summed E-state index contributed by atoms with van der Waals surface area (Å²) in [5.74, 6) is 0.382. The van der Waals surface area contributed by atoms with Gasteiger partial charge in [-0.1, -0.05) is 17.7 Å². The van der Waals surface area contributed by atoms with Gasteiger partial charge in [0.15, 0.2) is 0 Å². The van der Waals surface area contributed by atoms with Crippen molar-refractivity contribution in [3.05, 3.63) is 41.6 Å². The van der Waals surface area contributed by atoms with E-state index in [0.717, 1.165) is 24.0 Å². The summed E-state index contributed by atoms with van der Waals surface area (Å²) in [6.45, 7) is 4.56. The molecular weight excluding hydrogens is 354 g/mol. The lowest BCUT2D eigenvalue weighted by atomic mass is 10.1. The maximum Gasteiger partial charge on any atom is 0.319 e. The van der Waals surface area contributed by atoms with Crippen LogP contribution in [0.2, 0.25) is 0 Å². The zero-order chi connectivity index (χ0) is 18.7. The van der Waals surface area contributed by atoms with Crippen LogP contribution in [0.15, 0.2) is 35.4 Å². The topological polar surface area (TPSA) is 81.6 Å². The molecule has 140 valence electrons. The van der Waals surface area contributed by atoms with Gasteiger partial charge in [0.1, 0.15) is 6.10 Å². The van der Waals surface area contributed by atoms with Crippen molar-refractivity contribution in [2.75, 3.05) is 20.2 Å². The third kappa shape index (κ3) is 3.96. The second kappa shape index (κ2) is 7.59. The number of methoxy groups -OCH3 is 1. The van der Waals surface area contributed by atoms with Crippen molar-refractivity contribution in [2.45, 2.75) is 37.7 Å². The van der Waals surface area contributed by atoms with Crippen LogP contribution in [0.4, 0.5) is 0 Å². The second-order valence-electron chi connectivity index (χ2n) is 6.40. The van der Waals surface area contributed by atoms with E-state index in [1.165, 1.54) is 11.4 Å². The van der Waals surface area contributed by atoms with Gasteiger partial charge in [0.05, 0.1) is 18.6 Å². The highest BCUT2D eigenvalue weighted by molar-refractivity contribution is 7.89. The van der Waals surface area contributed by atoms with Gasteiger partial charge in [-0.15, -0.1) is 0 Å². The molecule has 0 spiro atoms. The number of piperidine rings is 1. The normalized spacial score (nSPS) is 18.5. The summed E-state index contributed by atoms with van der Waals surface area (Å²) < 4.78 is 38.4. The van der Waals surface area contributed by atoms with Crippen LogP contribution < -0.4 is 9.47 Å². The third-order valence-corrected chi connectivity index (χ3v) is 6.39. The number of aromatic nitrogens is 2. The molecule has 1 saturated heterocycles. The first kappa shape index (κ1) is 18.6. The molecule has 1 aromatic heterocycles. The van der Waals surface area contributed by atoms with Crippen molar-refractivity contribution in [3.63, 3.8) is 0 Å². The maximum atomic E-state index is 13.0. The van der Waals surface area contributed by atoms with Crippen LogP contribution in [-0.2, 0) is 10.0 Å². The first-order valence-electron chi connectivity index (χ1n) is 8.51. The van der Waals surface area contributed by atoms with Gasteiger partial charge in [-0.3, -0.25) is 0 Å². The molecule has 0 aliphatic carbocycles. The number of nitrogens with zero attached hydrogens (tertiary/aromatic N) is 3. The van der Waals surface area contributed by atoms with Crippen molar-refractivity contribution < 1.29 is 17.9 Å². The van der Waals surface area contributed by atoms with Crippen LogP contribution in [0.25, 0.3) is 0 Å². The average molecular weight is 377 g/mol. The quantitative estimate of drug-likeness (QED) is 0.795. The highest BCUT2D eigenvalue weighted by atomic mass is 32.2. The fourth-order valence-electron chi connectivity index (χ4n) is 3.11. The number of ether oxygens (including phenoxy) is 2. The Morgan fingerprint density at radius 2 is 2.04 bits per heavy atom. The van der Waals surface area contributed by atoms with Crippen LogP contribution >= 0.6 is 0 Å². The Morgan fingerprint density at radius 1 is 1.23 bits per heavy atom. The van der Waals surface area contributed by atoms with Crippen LogP contribution in [0.5, 0.6) is 11.9 Å². The van der Waals surface area contributed by atoms with Gasteiger partial charge in [-0.05, 0) is 38.3 Å². The summed E-state index contributed by atoms with van der Waals surface area (Å²) in [6, 6.07) is 7.25. The van der Waals surface area contributed by atoms with E-state index in [0.29, 0.717) is 23.9 Å². The third-order valence-electron chi connectivity index (χ3n) is 4.37. The van der Waals surface area contributed by atoms with E-state index in [2.05, 4.69) is 9.97 Å². The first-order chi connectivity index (χ1) is 12.4. The standard InChI is InChI=1S/C18H23N3O4S/c1-13-6-7-16(14(2)11-13)26(22,23)21-10-4-5-15(12-21)25-17-8-9-19-18(20-17)24-3/h6-9,11,15H,4-5,10,12H2,1-3H3. The second-order valence-corrected chi connectivity index (χ2v) is 8.30. The lowest BCUT2D eigenvalue weighted by molar-refractivity contribution is 0.123. The molecule has 1 aliphatic rings. The molecule has 0 N–H and O–H groups in total. The van der Waals surface area contributed by atoms with E-state index in [4.69, 9.17) is 9.47 Å². The minimum atomic E-state index is -3.55. The van der Waals surface area contributed by atoms with E-state index in [1.54, 1.807) is 18.3 Å². The highest BCUT2D eigenvalue weighted by Crippen LogP contribution is 2.25. The zero-order valence-corrected chi connectivity index (χ0v) is 16.0. The molecule has 8 heteroatoms. The Hall–Kier alpha value is -2.19. The maximum absolute atomic E-state index is 13.0. The van der Waals surface area contributed by atoms with Crippen molar-refractivity contribution in [2.24, 2.45) is 0 Å². The summed E-state index contributed by atoms with van der Waals surface area (Å²) in [4.78, 5) is 8.43. The molecule has 1 unspecified atom stereocenters. The number of rotatable bonds is 5. The van der Waals surface area contributed by atoms with Gasteiger partial charge in [-0.25, -0.2) is 13.4 Å². The van der Waals surface area contributed by atoms with E-state index < -0.39 is 10.0 Å². The molecule has 2 heterocycles. The Morgan fingerprint density at radius 3 is 2.77 bits per heavy atom. The molecular formula is C18H23N3O4S. The minimum Gasteiger partial charge on any atom is -0.473 e. The Labute approximate surface area is 154 Å². The summed E-state index contributed by atoms with van der Waals surface area (Å²) in [6.07, 6.45) is 2.79. The van der Waals surface area contributed by atoms with Gasteiger partial charge in [0, 0.05) is 18.8 Å². The van der Waals surface area contributed by atoms with Gasteiger partial charge in [-0.2, -0.15) is 9.29 Å². The molecule has 0 saturated carbocycles. The minimum absolute atomic E-state index is 0.220. The van der Waals surface area contributed by atoms with Crippen molar-refractivity contribution in [1.82, 2.24) is 14.3 Å². The lowest BCUT2D eigenvalue weighted by Crippen LogP contribution is -2.44. The molecule has 7 nitrogen and oxygen atoms in total. The summed E-state index contributed by atoms with van der Waals surface area (Å²) in [5, 5.41) is 0. The molecule has 1 aliphatic heterocycles. The average Bonchev–Trinajstić information content (AvgIpc) is 2.62. The number of hydrogen-bond donors (Lipinski definition) is 0. The van der Waals surface area contributed by atoms with Crippen LogP contribution in [0.1, 0.15) is 24.0 Å². The molecule has 2 aromatic rings. The van der Waals surface area contributed by atoms with Crippen molar-refractivity contribution in [1.29, 1.82) is 0 Å². The summed E-state index contributed by atoms with van der Waals surface area (Å²) >= 11 is 0. The molecule has 1 fully saturated rings. The molecule has 1 aromatic carbocycles. The highest BCUT2D eigenvalue weighted by Gasteiger charge is 2.32. The van der Waals surface area contributed by atoms with Crippen molar-refractivity contribution in [3.8, 4) is 11.9 Å². The number of sulfonamides is 1. The Balaban J connectivity index is 1.77. The summed E-state index contributed by atoms with van der Waals surface area (Å²) in [7, 11) is -2.07. The summed E-state index contributed by atoms with van der Waals surface area (Å²) in [5.41, 5.74) is 1.80. The number of aryl methyl sites for hydroxylation is 2. The van der Waals surface area contributed by atoms with Crippen LogP contribution in [0.3, 0.4) is 0 Å². The zero-order valence-electron chi connectivity index (χ0n) is 15.2. The van der Waals surface area contributed by atoms with Gasteiger partial charge in [0.25, 0.3) is 0 Å².